The fraction of sp³-hybridized carbons (Fsp3) is 0.737. The second-order valence-corrected chi connectivity index (χ2v) is 7.14. The average Bonchev–Trinajstić information content (AvgIpc) is 2.61. The fourth-order valence-electron chi connectivity index (χ4n) is 3.81. The van der Waals surface area contributed by atoms with Crippen molar-refractivity contribution in [2.24, 2.45) is 0 Å². The van der Waals surface area contributed by atoms with Gasteiger partial charge in [0.15, 0.2) is 0 Å². The highest BCUT2D eigenvalue weighted by molar-refractivity contribution is 5.40. The highest BCUT2D eigenvalue weighted by atomic mass is 15.3. The molecule has 1 aromatic heterocycles. The van der Waals surface area contributed by atoms with Crippen LogP contribution in [0.15, 0.2) is 18.3 Å². The molecule has 23 heavy (non-hydrogen) atoms. The number of unbranched alkanes of at least 4 members (excludes halogenated alkanes) is 1. The molecule has 1 unspecified atom stereocenters. The van der Waals surface area contributed by atoms with Crippen molar-refractivity contribution in [2.75, 3.05) is 51.2 Å². The Morgan fingerprint density at radius 3 is 2.61 bits per heavy atom. The molecule has 0 spiro atoms. The van der Waals surface area contributed by atoms with Gasteiger partial charge in [-0.25, -0.2) is 4.98 Å². The topological polar surface area (TPSA) is 22.6 Å². The molecule has 128 valence electrons. The van der Waals surface area contributed by atoms with Crippen LogP contribution >= 0.6 is 0 Å². The molecule has 0 amide bonds. The van der Waals surface area contributed by atoms with E-state index in [-0.39, 0.29) is 0 Å². The van der Waals surface area contributed by atoms with E-state index >= 15 is 0 Å². The zero-order chi connectivity index (χ0) is 16.1. The molecule has 2 aliphatic rings. The summed E-state index contributed by atoms with van der Waals surface area (Å²) >= 11 is 0. The smallest absolute Gasteiger partial charge is 0.128 e. The first-order chi connectivity index (χ1) is 11.3. The van der Waals surface area contributed by atoms with Gasteiger partial charge in [-0.05, 0) is 51.0 Å². The first-order valence-corrected chi connectivity index (χ1v) is 9.41. The van der Waals surface area contributed by atoms with Gasteiger partial charge in [0.05, 0.1) is 0 Å². The summed E-state index contributed by atoms with van der Waals surface area (Å²) in [7, 11) is 2.20. The highest BCUT2D eigenvalue weighted by Crippen LogP contribution is 2.31. The van der Waals surface area contributed by atoms with Crippen LogP contribution in [-0.2, 0) is 0 Å². The lowest BCUT2D eigenvalue weighted by Crippen LogP contribution is -2.44. The normalized spacial score (nSPS) is 24.1. The van der Waals surface area contributed by atoms with Gasteiger partial charge in [0.1, 0.15) is 5.82 Å². The largest absolute Gasteiger partial charge is 0.354 e. The van der Waals surface area contributed by atoms with Crippen molar-refractivity contribution in [1.82, 2.24) is 14.8 Å². The van der Waals surface area contributed by atoms with E-state index in [0.29, 0.717) is 6.04 Å². The van der Waals surface area contributed by atoms with Gasteiger partial charge >= 0.3 is 0 Å². The van der Waals surface area contributed by atoms with Gasteiger partial charge in [0.25, 0.3) is 0 Å². The van der Waals surface area contributed by atoms with Gasteiger partial charge in [-0.2, -0.15) is 0 Å². The molecular formula is C19H32N4. The van der Waals surface area contributed by atoms with Gasteiger partial charge in [0, 0.05) is 38.4 Å². The highest BCUT2D eigenvalue weighted by Gasteiger charge is 2.24. The minimum Gasteiger partial charge on any atom is -0.354 e. The summed E-state index contributed by atoms with van der Waals surface area (Å²) in [6.45, 7) is 9.23. The average molecular weight is 316 g/mol. The molecule has 0 saturated carbocycles. The summed E-state index contributed by atoms with van der Waals surface area (Å²) in [4.78, 5) is 12.3. The van der Waals surface area contributed by atoms with Gasteiger partial charge in [-0.1, -0.05) is 25.8 Å². The number of likely N-dealkylation sites (tertiary alicyclic amines) is 1. The van der Waals surface area contributed by atoms with Crippen LogP contribution in [0.3, 0.4) is 0 Å². The van der Waals surface area contributed by atoms with Gasteiger partial charge in [-0.3, -0.25) is 4.90 Å². The van der Waals surface area contributed by atoms with Crippen molar-refractivity contribution in [1.29, 1.82) is 0 Å². The number of piperazine rings is 1. The van der Waals surface area contributed by atoms with Crippen LogP contribution in [-0.4, -0.2) is 61.1 Å². The molecule has 1 atom stereocenters. The third-order valence-electron chi connectivity index (χ3n) is 5.40. The number of nitrogens with zero attached hydrogens (tertiary/aromatic N) is 4. The summed E-state index contributed by atoms with van der Waals surface area (Å²) in [5.74, 6) is 1.15. The van der Waals surface area contributed by atoms with E-state index in [2.05, 4.69) is 47.0 Å². The molecule has 0 aromatic carbocycles. The quantitative estimate of drug-likeness (QED) is 0.832. The maximum absolute atomic E-state index is 4.80. The molecule has 1 aromatic rings. The van der Waals surface area contributed by atoms with Gasteiger partial charge < -0.3 is 9.80 Å². The summed E-state index contributed by atoms with van der Waals surface area (Å²) in [6, 6.07) is 5.16. The number of rotatable bonds is 5. The standard InChI is InChI=1S/C19H32N4/c1-3-4-10-22-11-6-5-7-18(22)17-8-9-19(20-16-17)23-14-12-21(2)13-15-23/h8-9,16,18H,3-7,10-15H2,1-2H3. The Labute approximate surface area is 141 Å². The molecular weight excluding hydrogens is 284 g/mol. The summed E-state index contributed by atoms with van der Waals surface area (Å²) in [5, 5.41) is 0. The predicted octanol–water partition coefficient (Wildman–Crippen LogP) is 3.16. The number of piperidine rings is 1. The summed E-state index contributed by atoms with van der Waals surface area (Å²) < 4.78 is 0. The minimum atomic E-state index is 0.587. The third-order valence-corrected chi connectivity index (χ3v) is 5.40. The molecule has 2 saturated heterocycles. The van der Waals surface area contributed by atoms with E-state index in [0.717, 1.165) is 32.0 Å². The van der Waals surface area contributed by atoms with E-state index < -0.39 is 0 Å². The Bertz CT molecular complexity index is 465. The van der Waals surface area contributed by atoms with Crippen molar-refractivity contribution in [2.45, 2.75) is 45.1 Å². The second-order valence-electron chi connectivity index (χ2n) is 7.14. The minimum absolute atomic E-state index is 0.587. The zero-order valence-corrected chi connectivity index (χ0v) is 14.9. The molecule has 3 heterocycles. The van der Waals surface area contributed by atoms with E-state index in [1.165, 1.54) is 50.8 Å². The van der Waals surface area contributed by atoms with Crippen LogP contribution in [0.25, 0.3) is 0 Å². The SMILES string of the molecule is CCCCN1CCCCC1c1ccc(N2CCN(C)CC2)nc1. The first kappa shape index (κ1) is 16.7. The molecule has 0 radical (unpaired) electrons. The maximum Gasteiger partial charge on any atom is 0.128 e. The number of pyridine rings is 1. The monoisotopic (exact) mass is 316 g/mol. The van der Waals surface area contributed by atoms with Gasteiger partial charge in [-0.15, -0.1) is 0 Å². The lowest BCUT2D eigenvalue weighted by molar-refractivity contribution is 0.146. The number of anilines is 1. The van der Waals surface area contributed by atoms with E-state index in [1.54, 1.807) is 0 Å². The van der Waals surface area contributed by atoms with Crippen molar-refractivity contribution in [3.05, 3.63) is 23.9 Å². The lowest BCUT2D eigenvalue weighted by atomic mass is 9.96. The molecule has 2 fully saturated rings. The number of hydrogen-bond acceptors (Lipinski definition) is 4. The van der Waals surface area contributed by atoms with Crippen LogP contribution in [0.2, 0.25) is 0 Å². The second kappa shape index (κ2) is 8.11. The molecule has 4 nitrogen and oxygen atoms in total. The number of likely N-dealkylation sites (N-methyl/N-ethyl adjacent to an activating group) is 1. The summed E-state index contributed by atoms with van der Waals surface area (Å²) in [6.07, 6.45) is 8.73. The fourth-order valence-corrected chi connectivity index (χ4v) is 3.81. The molecule has 3 rings (SSSR count). The summed E-state index contributed by atoms with van der Waals surface area (Å²) in [5.41, 5.74) is 1.42. The number of hydrogen-bond donors (Lipinski definition) is 0. The Kier molecular flexibility index (Phi) is 5.90. The van der Waals surface area contributed by atoms with Crippen LogP contribution in [0.1, 0.15) is 50.6 Å². The maximum atomic E-state index is 4.80. The van der Waals surface area contributed by atoms with Crippen LogP contribution in [0.5, 0.6) is 0 Å². The van der Waals surface area contributed by atoms with Crippen LogP contribution in [0, 0.1) is 0 Å². The predicted molar refractivity (Wildman–Crippen MR) is 97.0 cm³/mol. The molecule has 0 N–H and O–H groups in total. The number of aromatic nitrogens is 1. The van der Waals surface area contributed by atoms with Crippen molar-refractivity contribution >= 4 is 5.82 Å². The van der Waals surface area contributed by atoms with Gasteiger partial charge in [0.2, 0.25) is 0 Å². The molecule has 4 heteroatoms. The van der Waals surface area contributed by atoms with Crippen molar-refractivity contribution in [3.8, 4) is 0 Å². The van der Waals surface area contributed by atoms with E-state index in [4.69, 9.17) is 4.98 Å². The Morgan fingerprint density at radius 2 is 1.91 bits per heavy atom. The first-order valence-electron chi connectivity index (χ1n) is 9.41. The Hall–Kier alpha value is -1.13. The van der Waals surface area contributed by atoms with Crippen molar-refractivity contribution < 1.29 is 0 Å². The molecule has 0 bridgehead atoms. The Balaban J connectivity index is 1.65. The van der Waals surface area contributed by atoms with Crippen LogP contribution < -0.4 is 4.90 Å². The van der Waals surface area contributed by atoms with Crippen molar-refractivity contribution in [3.63, 3.8) is 0 Å². The van der Waals surface area contributed by atoms with E-state index in [9.17, 15) is 0 Å². The van der Waals surface area contributed by atoms with E-state index in [1.807, 2.05) is 0 Å². The van der Waals surface area contributed by atoms with Crippen LogP contribution in [0.4, 0.5) is 5.82 Å². The lowest BCUT2D eigenvalue weighted by Gasteiger charge is -2.36. The zero-order valence-electron chi connectivity index (χ0n) is 14.9. The molecule has 2 aliphatic heterocycles. The molecule has 0 aliphatic carbocycles. The Morgan fingerprint density at radius 1 is 1.09 bits per heavy atom. The third kappa shape index (κ3) is 4.24.